The Balaban J connectivity index is 1.16. The van der Waals surface area contributed by atoms with Crippen molar-refractivity contribution >= 4 is 35.3 Å². The van der Waals surface area contributed by atoms with Crippen LogP contribution in [-0.4, -0.2) is 41.0 Å². The van der Waals surface area contributed by atoms with E-state index in [1.54, 1.807) is 48.5 Å². The summed E-state index contributed by atoms with van der Waals surface area (Å²) in [4.78, 5) is 64.4. The minimum Gasteiger partial charge on any atom is -0.427 e. The molecule has 8 heteroatoms. The zero-order valence-corrected chi connectivity index (χ0v) is 17.9. The number of carbonyl (C=O) groups is 5. The van der Waals surface area contributed by atoms with Gasteiger partial charge in [0.15, 0.2) is 0 Å². The van der Waals surface area contributed by atoms with Crippen molar-refractivity contribution in [3.05, 3.63) is 95.1 Å². The summed E-state index contributed by atoms with van der Waals surface area (Å²) >= 11 is 0. The molecule has 2 aliphatic rings. The summed E-state index contributed by atoms with van der Waals surface area (Å²) in [5.74, 6) is -1.80. The number of amides is 4. The molecule has 2 aliphatic heterocycles. The Hall–Kier alpha value is -4.59. The molecule has 0 aromatic heterocycles. The third kappa shape index (κ3) is 3.55. The van der Waals surface area contributed by atoms with Crippen LogP contribution < -0.4 is 9.64 Å². The molecule has 0 atom stereocenters. The number of esters is 1. The Morgan fingerprint density at radius 2 is 1.12 bits per heavy atom. The average Bonchev–Trinajstić information content (AvgIpc) is 3.25. The standard InChI is InChI=1S/C26H18N2O6/c29-22(10-5-15-27-23(30)18-6-1-2-7-19(18)24(27)31)34-17-13-11-16(12-14-17)28-25(32)20-8-3-4-9-21(20)26(28)33/h1-4,6-9,11-14H,5,10,15H2. The molecule has 0 fully saturated rings. The number of hydrogen-bond acceptors (Lipinski definition) is 6. The van der Waals surface area contributed by atoms with Gasteiger partial charge in [0.25, 0.3) is 23.6 Å². The predicted molar refractivity (Wildman–Crippen MR) is 121 cm³/mol. The molecule has 3 aromatic carbocycles. The number of fused-ring (bicyclic) bond motifs is 2. The lowest BCUT2D eigenvalue weighted by Gasteiger charge is -2.15. The van der Waals surface area contributed by atoms with Gasteiger partial charge in [0.1, 0.15) is 5.75 Å². The molecule has 2 heterocycles. The highest BCUT2D eigenvalue weighted by atomic mass is 16.5. The number of benzene rings is 3. The highest BCUT2D eigenvalue weighted by molar-refractivity contribution is 6.34. The number of nitrogens with zero attached hydrogens (tertiary/aromatic N) is 2. The first kappa shape index (κ1) is 21.3. The van der Waals surface area contributed by atoms with E-state index in [1.807, 2.05) is 0 Å². The maximum Gasteiger partial charge on any atom is 0.311 e. The first-order valence-electron chi connectivity index (χ1n) is 10.7. The van der Waals surface area contributed by atoms with Crippen molar-refractivity contribution in [2.75, 3.05) is 11.4 Å². The molecule has 0 saturated carbocycles. The topological polar surface area (TPSA) is 101 Å². The predicted octanol–water partition coefficient (Wildman–Crippen LogP) is 3.47. The molecule has 0 unspecified atom stereocenters. The van der Waals surface area contributed by atoms with Crippen LogP contribution in [0.1, 0.15) is 54.3 Å². The van der Waals surface area contributed by atoms with E-state index in [9.17, 15) is 24.0 Å². The lowest BCUT2D eigenvalue weighted by molar-refractivity contribution is -0.134. The lowest BCUT2D eigenvalue weighted by Crippen LogP contribution is -2.31. The fourth-order valence-corrected chi connectivity index (χ4v) is 4.09. The molecule has 168 valence electrons. The Morgan fingerprint density at radius 1 is 0.647 bits per heavy atom. The van der Waals surface area contributed by atoms with Crippen LogP contribution >= 0.6 is 0 Å². The minimum atomic E-state index is -0.523. The molecule has 0 aliphatic carbocycles. The van der Waals surface area contributed by atoms with Gasteiger partial charge >= 0.3 is 5.97 Å². The van der Waals surface area contributed by atoms with Gasteiger partial charge in [-0.15, -0.1) is 0 Å². The third-order valence-electron chi connectivity index (χ3n) is 5.76. The molecule has 0 bridgehead atoms. The van der Waals surface area contributed by atoms with Crippen LogP contribution in [0.4, 0.5) is 5.69 Å². The van der Waals surface area contributed by atoms with Crippen LogP contribution in [0.3, 0.4) is 0 Å². The molecule has 34 heavy (non-hydrogen) atoms. The van der Waals surface area contributed by atoms with Gasteiger partial charge in [0.2, 0.25) is 0 Å². The Bertz CT molecular complexity index is 1290. The second-order valence-electron chi connectivity index (χ2n) is 7.87. The fraction of sp³-hybridized carbons (Fsp3) is 0.115. The summed E-state index contributed by atoms with van der Waals surface area (Å²) in [6.07, 6.45) is 0.269. The maximum absolute atomic E-state index is 12.6. The van der Waals surface area contributed by atoms with Crippen molar-refractivity contribution < 1.29 is 28.7 Å². The largest absolute Gasteiger partial charge is 0.427 e. The summed E-state index contributed by atoms with van der Waals surface area (Å²) in [6, 6.07) is 19.3. The number of anilines is 1. The van der Waals surface area contributed by atoms with E-state index in [4.69, 9.17) is 4.74 Å². The molecule has 0 N–H and O–H groups in total. The highest BCUT2D eigenvalue weighted by Crippen LogP contribution is 2.29. The molecular weight excluding hydrogens is 436 g/mol. The summed E-state index contributed by atoms with van der Waals surface area (Å²) in [7, 11) is 0. The van der Waals surface area contributed by atoms with Gasteiger partial charge in [-0.05, 0) is 55.0 Å². The molecule has 0 spiro atoms. The number of carbonyl (C=O) groups excluding carboxylic acids is 5. The SMILES string of the molecule is O=C(CCCN1C(=O)c2ccccc2C1=O)Oc1ccc(N2C(=O)c3ccccc3C2=O)cc1. The number of rotatable bonds is 6. The minimum absolute atomic E-state index is 0.00750. The van der Waals surface area contributed by atoms with Gasteiger partial charge < -0.3 is 4.74 Å². The van der Waals surface area contributed by atoms with E-state index in [1.165, 1.54) is 24.3 Å². The molecule has 5 rings (SSSR count). The first-order chi connectivity index (χ1) is 16.5. The van der Waals surface area contributed by atoms with Crippen molar-refractivity contribution in [3.8, 4) is 5.75 Å². The second kappa shape index (κ2) is 8.40. The molecule has 0 radical (unpaired) electrons. The zero-order chi connectivity index (χ0) is 23.8. The van der Waals surface area contributed by atoms with Crippen molar-refractivity contribution in [1.29, 1.82) is 0 Å². The van der Waals surface area contributed by atoms with Crippen molar-refractivity contribution in [2.24, 2.45) is 0 Å². The van der Waals surface area contributed by atoms with Crippen LogP contribution in [0.5, 0.6) is 5.75 Å². The quantitative estimate of drug-likeness (QED) is 0.321. The van der Waals surface area contributed by atoms with Gasteiger partial charge in [-0.1, -0.05) is 24.3 Å². The van der Waals surface area contributed by atoms with E-state index in [-0.39, 0.29) is 37.0 Å². The lowest BCUT2D eigenvalue weighted by atomic mass is 10.1. The monoisotopic (exact) mass is 454 g/mol. The van der Waals surface area contributed by atoms with Gasteiger partial charge in [-0.2, -0.15) is 0 Å². The van der Waals surface area contributed by atoms with E-state index in [2.05, 4.69) is 0 Å². The number of hydrogen-bond donors (Lipinski definition) is 0. The summed E-state index contributed by atoms with van der Waals surface area (Å²) in [5.41, 5.74) is 1.81. The van der Waals surface area contributed by atoms with E-state index in [0.717, 1.165) is 9.80 Å². The number of ether oxygens (including phenoxy) is 1. The Morgan fingerprint density at radius 3 is 1.62 bits per heavy atom. The summed E-state index contributed by atoms with van der Waals surface area (Å²) in [5, 5.41) is 0. The third-order valence-corrected chi connectivity index (χ3v) is 5.76. The van der Waals surface area contributed by atoms with E-state index < -0.39 is 17.8 Å². The van der Waals surface area contributed by atoms with Gasteiger partial charge in [-0.25, -0.2) is 4.90 Å². The first-order valence-corrected chi connectivity index (χ1v) is 10.7. The zero-order valence-electron chi connectivity index (χ0n) is 17.9. The molecule has 8 nitrogen and oxygen atoms in total. The summed E-state index contributed by atoms with van der Waals surface area (Å²) in [6.45, 7) is 0.111. The van der Waals surface area contributed by atoms with E-state index in [0.29, 0.717) is 27.9 Å². The molecular formula is C26H18N2O6. The van der Waals surface area contributed by atoms with Crippen LogP contribution in [0.2, 0.25) is 0 Å². The van der Waals surface area contributed by atoms with Crippen LogP contribution in [0.25, 0.3) is 0 Å². The Kier molecular flexibility index (Phi) is 5.25. The van der Waals surface area contributed by atoms with Gasteiger partial charge in [0.05, 0.1) is 27.9 Å². The second-order valence-corrected chi connectivity index (χ2v) is 7.87. The van der Waals surface area contributed by atoms with E-state index >= 15 is 0 Å². The van der Waals surface area contributed by atoms with Crippen LogP contribution in [0.15, 0.2) is 72.8 Å². The summed E-state index contributed by atoms with van der Waals surface area (Å²) < 4.78 is 5.31. The number of imide groups is 2. The molecule has 3 aromatic rings. The van der Waals surface area contributed by atoms with Crippen molar-refractivity contribution in [3.63, 3.8) is 0 Å². The fourth-order valence-electron chi connectivity index (χ4n) is 4.09. The Labute approximate surface area is 194 Å². The highest BCUT2D eigenvalue weighted by Gasteiger charge is 2.36. The average molecular weight is 454 g/mol. The molecule has 0 saturated heterocycles. The van der Waals surface area contributed by atoms with Crippen molar-refractivity contribution in [1.82, 2.24) is 4.90 Å². The van der Waals surface area contributed by atoms with Gasteiger partial charge in [0, 0.05) is 13.0 Å². The molecule has 4 amide bonds. The van der Waals surface area contributed by atoms with Gasteiger partial charge in [-0.3, -0.25) is 28.9 Å². The smallest absolute Gasteiger partial charge is 0.311 e. The maximum atomic E-state index is 12.6. The van der Waals surface area contributed by atoms with Crippen LogP contribution in [0, 0.1) is 0 Å². The normalized spacial score (nSPS) is 14.5. The van der Waals surface area contributed by atoms with Crippen molar-refractivity contribution in [2.45, 2.75) is 12.8 Å². The van der Waals surface area contributed by atoms with Crippen LogP contribution in [-0.2, 0) is 4.79 Å².